The third-order valence-electron chi connectivity index (χ3n) is 2.46. The molecule has 1 aromatic heterocycles. The number of H-pyrrole nitrogens is 1. The van der Waals surface area contributed by atoms with Crippen LogP contribution in [0.3, 0.4) is 0 Å². The molecule has 4 heteroatoms. The average Bonchev–Trinajstić information content (AvgIpc) is 2.71. The smallest absolute Gasteiger partial charge is 0.201 e. The molecule has 16 heavy (non-hydrogen) atoms. The molecule has 0 aliphatic rings. The Morgan fingerprint density at radius 1 is 1.25 bits per heavy atom. The summed E-state index contributed by atoms with van der Waals surface area (Å²) in [6, 6.07) is 8.05. The fourth-order valence-electron chi connectivity index (χ4n) is 1.63. The van der Waals surface area contributed by atoms with Crippen molar-refractivity contribution in [3.8, 4) is 0 Å². The molecule has 1 heterocycles. The molecular weight excluding hydrogens is 200 g/mol. The number of anilines is 1. The molecule has 0 unspecified atom stereocenters. The number of fused-ring (bicyclic) bond motifs is 1. The summed E-state index contributed by atoms with van der Waals surface area (Å²) in [5.74, 6) is 0.859. The van der Waals surface area contributed by atoms with Crippen molar-refractivity contribution >= 4 is 17.0 Å². The summed E-state index contributed by atoms with van der Waals surface area (Å²) >= 11 is 0. The van der Waals surface area contributed by atoms with Gasteiger partial charge in [0.05, 0.1) is 11.0 Å². The minimum atomic E-state index is 0.859. The van der Waals surface area contributed by atoms with Gasteiger partial charge in [-0.05, 0) is 31.6 Å². The minimum absolute atomic E-state index is 0.859. The summed E-state index contributed by atoms with van der Waals surface area (Å²) < 4.78 is 0. The van der Waals surface area contributed by atoms with Crippen LogP contribution in [0.1, 0.15) is 13.3 Å². The first-order valence-electron chi connectivity index (χ1n) is 5.79. The number of nitrogens with zero attached hydrogens (tertiary/aromatic N) is 1. The molecule has 0 amide bonds. The minimum Gasteiger partial charge on any atom is -0.356 e. The maximum Gasteiger partial charge on any atom is 0.201 e. The maximum absolute atomic E-state index is 4.44. The van der Waals surface area contributed by atoms with E-state index in [2.05, 4.69) is 27.5 Å². The van der Waals surface area contributed by atoms with Crippen molar-refractivity contribution in [2.24, 2.45) is 0 Å². The van der Waals surface area contributed by atoms with E-state index in [0.29, 0.717) is 0 Å². The van der Waals surface area contributed by atoms with E-state index in [9.17, 15) is 0 Å². The highest BCUT2D eigenvalue weighted by atomic mass is 15.1. The van der Waals surface area contributed by atoms with Gasteiger partial charge in [-0.15, -0.1) is 0 Å². The zero-order valence-corrected chi connectivity index (χ0v) is 9.59. The van der Waals surface area contributed by atoms with Crippen LogP contribution in [0.15, 0.2) is 24.3 Å². The summed E-state index contributed by atoms with van der Waals surface area (Å²) in [6.07, 6.45) is 1.10. The number of benzene rings is 1. The Hall–Kier alpha value is -1.55. The Kier molecular flexibility index (Phi) is 3.77. The second-order valence-electron chi connectivity index (χ2n) is 3.74. The second-order valence-corrected chi connectivity index (χ2v) is 3.74. The Morgan fingerprint density at radius 2 is 2.12 bits per heavy atom. The van der Waals surface area contributed by atoms with E-state index < -0.39 is 0 Å². The van der Waals surface area contributed by atoms with Crippen LogP contribution in [-0.4, -0.2) is 29.6 Å². The zero-order valence-electron chi connectivity index (χ0n) is 9.59. The molecule has 0 radical (unpaired) electrons. The molecule has 0 fully saturated rings. The fourth-order valence-corrected chi connectivity index (χ4v) is 1.63. The van der Waals surface area contributed by atoms with Gasteiger partial charge < -0.3 is 15.6 Å². The standard InChI is InChI=1S/C12H18N4/c1-2-13-8-5-9-14-12-15-10-6-3-4-7-11(10)16-12/h3-4,6-7,13H,2,5,8-9H2,1H3,(H2,14,15,16). The molecule has 2 rings (SSSR count). The van der Waals surface area contributed by atoms with Crippen LogP contribution in [0, 0.1) is 0 Å². The van der Waals surface area contributed by atoms with Crippen LogP contribution in [0.2, 0.25) is 0 Å². The monoisotopic (exact) mass is 218 g/mol. The number of hydrogen-bond acceptors (Lipinski definition) is 3. The Bertz CT molecular complexity index is 402. The molecule has 0 aliphatic heterocycles. The molecule has 0 spiro atoms. The van der Waals surface area contributed by atoms with Crippen LogP contribution >= 0.6 is 0 Å². The van der Waals surface area contributed by atoms with Crippen molar-refractivity contribution in [1.82, 2.24) is 15.3 Å². The third kappa shape index (κ3) is 2.73. The van der Waals surface area contributed by atoms with Crippen molar-refractivity contribution in [3.63, 3.8) is 0 Å². The van der Waals surface area contributed by atoms with E-state index in [1.165, 1.54) is 0 Å². The van der Waals surface area contributed by atoms with Crippen molar-refractivity contribution < 1.29 is 0 Å². The van der Waals surface area contributed by atoms with Crippen LogP contribution < -0.4 is 10.6 Å². The van der Waals surface area contributed by atoms with Gasteiger partial charge in [0.25, 0.3) is 0 Å². The number of nitrogens with one attached hydrogen (secondary N) is 3. The van der Waals surface area contributed by atoms with E-state index in [0.717, 1.165) is 43.0 Å². The van der Waals surface area contributed by atoms with Gasteiger partial charge in [0.15, 0.2) is 0 Å². The van der Waals surface area contributed by atoms with Crippen molar-refractivity contribution in [1.29, 1.82) is 0 Å². The van der Waals surface area contributed by atoms with Gasteiger partial charge >= 0.3 is 0 Å². The largest absolute Gasteiger partial charge is 0.356 e. The Morgan fingerprint density at radius 3 is 2.94 bits per heavy atom. The zero-order chi connectivity index (χ0) is 11.2. The molecule has 4 nitrogen and oxygen atoms in total. The van der Waals surface area contributed by atoms with Gasteiger partial charge in [-0.3, -0.25) is 0 Å². The van der Waals surface area contributed by atoms with E-state index in [-0.39, 0.29) is 0 Å². The first-order chi connectivity index (χ1) is 7.90. The molecule has 0 saturated heterocycles. The molecule has 0 atom stereocenters. The van der Waals surface area contributed by atoms with Crippen molar-refractivity contribution in [3.05, 3.63) is 24.3 Å². The molecule has 86 valence electrons. The maximum atomic E-state index is 4.44. The van der Waals surface area contributed by atoms with E-state index in [1.807, 2.05) is 24.3 Å². The quantitative estimate of drug-likeness (QED) is 0.650. The molecular formula is C12H18N4. The molecule has 0 aliphatic carbocycles. The fraction of sp³-hybridized carbons (Fsp3) is 0.417. The number of aromatic nitrogens is 2. The topological polar surface area (TPSA) is 52.7 Å². The molecule has 2 aromatic rings. The lowest BCUT2D eigenvalue weighted by molar-refractivity contribution is 0.687. The first-order valence-corrected chi connectivity index (χ1v) is 5.79. The number of hydrogen-bond donors (Lipinski definition) is 3. The normalized spacial score (nSPS) is 10.8. The third-order valence-corrected chi connectivity index (χ3v) is 2.46. The second kappa shape index (κ2) is 5.51. The van der Waals surface area contributed by atoms with Crippen molar-refractivity contribution in [2.45, 2.75) is 13.3 Å². The van der Waals surface area contributed by atoms with E-state index >= 15 is 0 Å². The molecule has 3 N–H and O–H groups in total. The van der Waals surface area contributed by atoms with Crippen molar-refractivity contribution in [2.75, 3.05) is 25.0 Å². The van der Waals surface area contributed by atoms with E-state index in [1.54, 1.807) is 0 Å². The first kappa shape index (κ1) is 11.0. The predicted octanol–water partition coefficient (Wildman–Crippen LogP) is 1.97. The van der Waals surface area contributed by atoms with Crippen LogP contribution in [0.4, 0.5) is 5.95 Å². The summed E-state index contributed by atoms with van der Waals surface area (Å²) in [7, 11) is 0. The van der Waals surface area contributed by atoms with Gasteiger partial charge in [0.1, 0.15) is 0 Å². The summed E-state index contributed by atoms with van der Waals surface area (Å²) in [6.45, 7) is 5.13. The van der Waals surface area contributed by atoms with Gasteiger partial charge in [0, 0.05) is 6.54 Å². The number of aromatic amines is 1. The van der Waals surface area contributed by atoms with Gasteiger partial charge in [-0.25, -0.2) is 4.98 Å². The Labute approximate surface area is 95.5 Å². The van der Waals surface area contributed by atoms with Gasteiger partial charge in [0.2, 0.25) is 5.95 Å². The van der Waals surface area contributed by atoms with Crippen LogP contribution in [-0.2, 0) is 0 Å². The summed E-state index contributed by atoms with van der Waals surface area (Å²) in [5, 5.41) is 6.58. The van der Waals surface area contributed by atoms with Gasteiger partial charge in [-0.2, -0.15) is 0 Å². The van der Waals surface area contributed by atoms with E-state index in [4.69, 9.17) is 0 Å². The highest BCUT2D eigenvalue weighted by Gasteiger charge is 1.99. The lowest BCUT2D eigenvalue weighted by Gasteiger charge is -2.02. The molecule has 0 bridgehead atoms. The number of para-hydroxylation sites is 2. The summed E-state index contributed by atoms with van der Waals surface area (Å²) in [4.78, 5) is 7.69. The lowest BCUT2D eigenvalue weighted by Crippen LogP contribution is -2.17. The highest BCUT2D eigenvalue weighted by molar-refractivity contribution is 5.77. The summed E-state index contributed by atoms with van der Waals surface area (Å²) in [5.41, 5.74) is 2.09. The molecule has 1 aromatic carbocycles. The average molecular weight is 218 g/mol. The van der Waals surface area contributed by atoms with Crippen LogP contribution in [0.5, 0.6) is 0 Å². The predicted molar refractivity (Wildman–Crippen MR) is 67.7 cm³/mol. The Balaban J connectivity index is 1.85. The molecule has 0 saturated carbocycles. The van der Waals surface area contributed by atoms with Gasteiger partial charge in [-0.1, -0.05) is 19.1 Å². The number of rotatable bonds is 6. The number of imidazole rings is 1. The lowest BCUT2D eigenvalue weighted by atomic mass is 10.3. The highest BCUT2D eigenvalue weighted by Crippen LogP contribution is 2.12. The SMILES string of the molecule is CCNCCCNc1nc2ccccc2[nH]1. The van der Waals surface area contributed by atoms with Crippen LogP contribution in [0.25, 0.3) is 11.0 Å².